The Morgan fingerprint density at radius 1 is 0.760 bits per heavy atom. The molecular formula is C20H30F4O. The fraction of sp³-hybridized carbons (Fsp3) is 0.900. The molecule has 5 heteroatoms. The molecule has 1 heterocycles. The predicted molar refractivity (Wildman–Crippen MR) is 89.7 cm³/mol. The third-order valence-electron chi connectivity index (χ3n) is 6.69. The van der Waals surface area contributed by atoms with Gasteiger partial charge in [0.1, 0.15) is 5.83 Å². The average Bonchev–Trinajstić information content (AvgIpc) is 2.61. The van der Waals surface area contributed by atoms with Crippen LogP contribution in [0.25, 0.3) is 0 Å². The maximum atomic E-state index is 13.7. The molecule has 3 aliphatic rings. The van der Waals surface area contributed by atoms with E-state index in [1.807, 2.05) is 0 Å². The highest BCUT2D eigenvalue weighted by atomic mass is 19.4. The molecule has 3 fully saturated rings. The summed E-state index contributed by atoms with van der Waals surface area (Å²) in [6.45, 7) is 0.908. The van der Waals surface area contributed by atoms with Gasteiger partial charge in [-0.05, 0) is 88.4 Å². The first-order valence-corrected chi connectivity index (χ1v) is 9.99. The van der Waals surface area contributed by atoms with E-state index in [0.29, 0.717) is 36.7 Å². The summed E-state index contributed by atoms with van der Waals surface area (Å²) in [6, 6.07) is 0. The zero-order valence-electron chi connectivity index (χ0n) is 14.9. The van der Waals surface area contributed by atoms with E-state index in [1.54, 1.807) is 0 Å². The highest BCUT2D eigenvalue weighted by molar-refractivity contribution is 5.03. The Balaban J connectivity index is 1.42. The van der Waals surface area contributed by atoms with Crippen molar-refractivity contribution in [3.63, 3.8) is 0 Å². The Bertz CT molecular complexity index is 437. The van der Waals surface area contributed by atoms with Gasteiger partial charge in [-0.2, -0.15) is 13.2 Å². The summed E-state index contributed by atoms with van der Waals surface area (Å²) >= 11 is 0. The summed E-state index contributed by atoms with van der Waals surface area (Å²) in [4.78, 5) is 0. The van der Waals surface area contributed by atoms with Crippen LogP contribution >= 0.6 is 0 Å². The molecule has 3 rings (SSSR count). The third-order valence-corrected chi connectivity index (χ3v) is 6.69. The number of halogens is 4. The fourth-order valence-electron chi connectivity index (χ4n) is 5.27. The van der Waals surface area contributed by atoms with E-state index in [2.05, 4.69) is 0 Å². The third kappa shape index (κ3) is 5.45. The van der Waals surface area contributed by atoms with Crippen molar-refractivity contribution in [3.8, 4) is 0 Å². The molecule has 0 N–H and O–H groups in total. The summed E-state index contributed by atoms with van der Waals surface area (Å²) in [6.07, 6.45) is 7.17. The number of ether oxygens (including phenoxy) is 1. The normalized spacial score (nSPS) is 38.6. The molecule has 1 aliphatic heterocycles. The number of rotatable bonds is 3. The van der Waals surface area contributed by atoms with E-state index in [0.717, 1.165) is 19.4 Å². The van der Waals surface area contributed by atoms with Gasteiger partial charge >= 0.3 is 6.18 Å². The molecule has 0 spiro atoms. The molecule has 1 atom stereocenters. The minimum Gasteiger partial charge on any atom is -0.378 e. The number of alkyl halides is 3. The molecule has 1 unspecified atom stereocenters. The van der Waals surface area contributed by atoms with Crippen molar-refractivity contribution in [2.75, 3.05) is 6.61 Å². The second kappa shape index (κ2) is 8.41. The first-order chi connectivity index (χ1) is 11.9. The summed E-state index contributed by atoms with van der Waals surface area (Å²) < 4.78 is 56.6. The van der Waals surface area contributed by atoms with E-state index in [-0.39, 0.29) is 6.08 Å². The van der Waals surface area contributed by atoms with E-state index < -0.39 is 17.9 Å². The standard InChI is InChI=1S/C20H30F4O/c21-18(13-20(22,23)24)16-8-4-14(5-9-16)15-6-10-17(11-7-15)19-3-1-2-12-25-19/h13-17,19H,1-12H2/b18-13-. The van der Waals surface area contributed by atoms with Gasteiger partial charge in [-0.25, -0.2) is 4.39 Å². The molecule has 1 saturated heterocycles. The fourth-order valence-corrected chi connectivity index (χ4v) is 5.27. The molecule has 0 bridgehead atoms. The second-order valence-corrected chi connectivity index (χ2v) is 8.26. The SMILES string of the molecule is F/C(=C\C(F)(F)F)C1CCC(C2CCC(C3CCCCO3)CC2)CC1. The minimum atomic E-state index is -4.54. The van der Waals surface area contributed by atoms with Crippen molar-refractivity contribution in [3.05, 3.63) is 11.9 Å². The molecule has 0 aromatic carbocycles. The zero-order chi connectivity index (χ0) is 17.9. The number of hydrogen-bond acceptors (Lipinski definition) is 1. The van der Waals surface area contributed by atoms with Crippen LogP contribution in [0.15, 0.2) is 11.9 Å². The van der Waals surface area contributed by atoms with Crippen molar-refractivity contribution < 1.29 is 22.3 Å². The van der Waals surface area contributed by atoms with Crippen molar-refractivity contribution in [1.82, 2.24) is 0 Å². The van der Waals surface area contributed by atoms with Gasteiger partial charge in [-0.1, -0.05) is 0 Å². The van der Waals surface area contributed by atoms with Crippen LogP contribution in [0, 0.1) is 23.7 Å². The molecule has 0 amide bonds. The van der Waals surface area contributed by atoms with Gasteiger partial charge in [0.15, 0.2) is 0 Å². The lowest BCUT2D eigenvalue weighted by molar-refractivity contribution is -0.0821. The molecular weight excluding hydrogens is 332 g/mol. The molecule has 1 nitrogen and oxygen atoms in total. The number of allylic oxidation sites excluding steroid dienone is 2. The molecule has 25 heavy (non-hydrogen) atoms. The Morgan fingerprint density at radius 2 is 1.32 bits per heavy atom. The second-order valence-electron chi connectivity index (χ2n) is 8.26. The molecule has 144 valence electrons. The predicted octanol–water partition coefficient (Wildman–Crippen LogP) is 6.58. The average molecular weight is 362 g/mol. The quantitative estimate of drug-likeness (QED) is 0.515. The largest absolute Gasteiger partial charge is 0.412 e. The topological polar surface area (TPSA) is 9.23 Å². The lowest BCUT2D eigenvalue weighted by Crippen LogP contribution is -2.33. The van der Waals surface area contributed by atoms with Gasteiger partial charge < -0.3 is 4.74 Å². The zero-order valence-corrected chi connectivity index (χ0v) is 14.9. The van der Waals surface area contributed by atoms with Crippen molar-refractivity contribution >= 4 is 0 Å². The lowest BCUT2D eigenvalue weighted by Gasteiger charge is -2.40. The minimum absolute atomic E-state index is 0.145. The van der Waals surface area contributed by atoms with Crippen LogP contribution < -0.4 is 0 Å². The van der Waals surface area contributed by atoms with Crippen LogP contribution in [0.2, 0.25) is 0 Å². The highest BCUT2D eigenvalue weighted by Crippen LogP contribution is 2.44. The van der Waals surface area contributed by atoms with Crippen LogP contribution in [0.4, 0.5) is 17.6 Å². The monoisotopic (exact) mass is 362 g/mol. The Labute approximate surface area is 148 Å². The van der Waals surface area contributed by atoms with Crippen molar-refractivity contribution in [2.24, 2.45) is 23.7 Å². The maximum absolute atomic E-state index is 13.7. The van der Waals surface area contributed by atoms with Crippen LogP contribution in [0.1, 0.15) is 70.6 Å². The first-order valence-electron chi connectivity index (χ1n) is 9.99. The van der Waals surface area contributed by atoms with Gasteiger partial charge in [0.25, 0.3) is 0 Å². The van der Waals surface area contributed by atoms with Crippen molar-refractivity contribution in [2.45, 2.75) is 82.9 Å². The molecule has 0 aromatic rings. The summed E-state index contributed by atoms with van der Waals surface area (Å²) in [5.41, 5.74) is 0. The van der Waals surface area contributed by atoms with Gasteiger partial charge in [0.05, 0.1) is 12.2 Å². The molecule has 0 radical (unpaired) electrons. The Morgan fingerprint density at radius 3 is 1.84 bits per heavy atom. The van der Waals surface area contributed by atoms with Gasteiger partial charge in [-0.15, -0.1) is 0 Å². The number of hydrogen-bond donors (Lipinski definition) is 0. The summed E-state index contributed by atoms with van der Waals surface area (Å²) in [7, 11) is 0. The van der Waals surface area contributed by atoms with E-state index in [1.165, 1.54) is 44.9 Å². The van der Waals surface area contributed by atoms with Crippen LogP contribution in [-0.4, -0.2) is 18.9 Å². The molecule has 2 aliphatic carbocycles. The van der Waals surface area contributed by atoms with Crippen LogP contribution in [0.3, 0.4) is 0 Å². The van der Waals surface area contributed by atoms with E-state index in [4.69, 9.17) is 4.74 Å². The summed E-state index contributed by atoms with van der Waals surface area (Å²) in [5, 5.41) is 0. The van der Waals surface area contributed by atoms with E-state index in [9.17, 15) is 17.6 Å². The highest BCUT2D eigenvalue weighted by Gasteiger charge is 2.35. The smallest absolute Gasteiger partial charge is 0.378 e. The molecule has 0 aromatic heterocycles. The van der Waals surface area contributed by atoms with Gasteiger partial charge in [0.2, 0.25) is 0 Å². The maximum Gasteiger partial charge on any atom is 0.412 e. The lowest BCUT2D eigenvalue weighted by atomic mass is 9.68. The van der Waals surface area contributed by atoms with E-state index >= 15 is 0 Å². The van der Waals surface area contributed by atoms with Gasteiger partial charge in [-0.3, -0.25) is 0 Å². The van der Waals surface area contributed by atoms with Crippen molar-refractivity contribution in [1.29, 1.82) is 0 Å². The van der Waals surface area contributed by atoms with Crippen LogP contribution in [-0.2, 0) is 4.74 Å². The summed E-state index contributed by atoms with van der Waals surface area (Å²) in [5.74, 6) is 0.451. The van der Waals surface area contributed by atoms with Crippen LogP contribution in [0.5, 0.6) is 0 Å². The Hall–Kier alpha value is -0.580. The Kier molecular flexibility index (Phi) is 6.45. The van der Waals surface area contributed by atoms with Gasteiger partial charge in [0, 0.05) is 12.5 Å². The molecule has 2 saturated carbocycles. The first kappa shape index (κ1) is 19.2.